The van der Waals surface area contributed by atoms with Crippen LogP contribution in [0.1, 0.15) is 5.56 Å². The van der Waals surface area contributed by atoms with E-state index in [1.54, 1.807) is 12.1 Å². The Morgan fingerprint density at radius 3 is 2.52 bits per heavy atom. The molecule has 0 amide bonds. The summed E-state index contributed by atoms with van der Waals surface area (Å²) in [6.07, 6.45) is 0. The standard InChI is InChI=1S/C16H13Cl2N3/c17-9-5-6-10(13(18)7-9)15-11-3-1-2-4-14(11)21-16(20)12(15)8-19/h1-7H,8,19H2,(H2,20,21). The molecule has 0 aliphatic rings. The number of aromatic nitrogens is 1. The lowest BCUT2D eigenvalue weighted by Crippen LogP contribution is -2.07. The van der Waals surface area contributed by atoms with Crippen molar-refractivity contribution in [1.82, 2.24) is 4.98 Å². The number of rotatable bonds is 2. The normalized spacial score (nSPS) is 11.0. The van der Waals surface area contributed by atoms with Gasteiger partial charge in [-0.2, -0.15) is 0 Å². The van der Waals surface area contributed by atoms with Crippen molar-refractivity contribution in [3.63, 3.8) is 0 Å². The second kappa shape index (κ2) is 5.53. The Bertz CT molecular complexity index is 831. The second-order valence-electron chi connectivity index (χ2n) is 4.70. The Balaban J connectivity index is 2.44. The first-order chi connectivity index (χ1) is 10.1. The highest BCUT2D eigenvalue weighted by Gasteiger charge is 2.16. The maximum Gasteiger partial charge on any atom is 0.129 e. The molecule has 0 radical (unpaired) electrons. The zero-order valence-electron chi connectivity index (χ0n) is 11.1. The van der Waals surface area contributed by atoms with Gasteiger partial charge in [-0.25, -0.2) is 4.98 Å². The minimum absolute atomic E-state index is 0.290. The number of hydrogen-bond donors (Lipinski definition) is 2. The average Bonchev–Trinajstić information content (AvgIpc) is 2.46. The van der Waals surface area contributed by atoms with Crippen LogP contribution in [0.2, 0.25) is 10.0 Å². The first-order valence-electron chi connectivity index (χ1n) is 6.44. The number of halogens is 2. The molecule has 2 aromatic carbocycles. The van der Waals surface area contributed by atoms with Gasteiger partial charge in [-0.05, 0) is 18.2 Å². The molecule has 0 saturated heterocycles. The van der Waals surface area contributed by atoms with Crippen LogP contribution in [0.25, 0.3) is 22.0 Å². The summed E-state index contributed by atoms with van der Waals surface area (Å²) < 4.78 is 0. The quantitative estimate of drug-likeness (QED) is 0.742. The molecule has 0 aliphatic carbocycles. The molecule has 21 heavy (non-hydrogen) atoms. The Kier molecular flexibility index (Phi) is 3.72. The van der Waals surface area contributed by atoms with Gasteiger partial charge in [0.25, 0.3) is 0 Å². The maximum atomic E-state index is 6.36. The van der Waals surface area contributed by atoms with Crippen LogP contribution in [-0.4, -0.2) is 4.98 Å². The van der Waals surface area contributed by atoms with Crippen molar-refractivity contribution in [2.45, 2.75) is 6.54 Å². The lowest BCUT2D eigenvalue weighted by Gasteiger charge is -2.15. The molecule has 1 heterocycles. The number of para-hydroxylation sites is 1. The molecule has 3 rings (SSSR count). The number of nitrogens with two attached hydrogens (primary N) is 2. The highest BCUT2D eigenvalue weighted by molar-refractivity contribution is 6.36. The van der Waals surface area contributed by atoms with Crippen LogP contribution in [-0.2, 0) is 6.54 Å². The Labute approximate surface area is 132 Å². The van der Waals surface area contributed by atoms with Crippen molar-refractivity contribution in [2.24, 2.45) is 5.73 Å². The van der Waals surface area contributed by atoms with Gasteiger partial charge in [-0.15, -0.1) is 0 Å². The molecule has 0 fully saturated rings. The molecule has 3 nitrogen and oxygen atoms in total. The van der Waals surface area contributed by atoms with Gasteiger partial charge >= 0.3 is 0 Å². The number of nitrogen functional groups attached to an aromatic ring is 1. The monoisotopic (exact) mass is 317 g/mol. The highest BCUT2D eigenvalue weighted by Crippen LogP contribution is 2.38. The molecule has 0 unspecified atom stereocenters. The van der Waals surface area contributed by atoms with Crippen LogP contribution in [0, 0.1) is 0 Å². The van der Waals surface area contributed by atoms with E-state index >= 15 is 0 Å². The van der Waals surface area contributed by atoms with Crippen LogP contribution >= 0.6 is 23.2 Å². The Morgan fingerprint density at radius 1 is 1.05 bits per heavy atom. The number of hydrogen-bond acceptors (Lipinski definition) is 3. The van der Waals surface area contributed by atoms with Crippen LogP contribution < -0.4 is 11.5 Å². The summed E-state index contributed by atoms with van der Waals surface area (Å²) in [6, 6.07) is 13.2. The summed E-state index contributed by atoms with van der Waals surface area (Å²) in [5.74, 6) is 0.428. The van der Waals surface area contributed by atoms with E-state index in [-0.39, 0.29) is 6.54 Å². The third-order valence-electron chi connectivity index (χ3n) is 3.43. The van der Waals surface area contributed by atoms with Crippen LogP contribution in [0.4, 0.5) is 5.82 Å². The molecular weight excluding hydrogens is 305 g/mol. The third-order valence-corrected chi connectivity index (χ3v) is 3.98. The van der Waals surface area contributed by atoms with Crippen molar-refractivity contribution < 1.29 is 0 Å². The Morgan fingerprint density at radius 2 is 1.81 bits per heavy atom. The van der Waals surface area contributed by atoms with Crippen LogP contribution in [0.5, 0.6) is 0 Å². The zero-order valence-corrected chi connectivity index (χ0v) is 12.6. The first kappa shape index (κ1) is 14.1. The van der Waals surface area contributed by atoms with E-state index in [1.807, 2.05) is 30.3 Å². The molecule has 106 valence electrons. The molecule has 0 atom stereocenters. The lowest BCUT2D eigenvalue weighted by molar-refractivity contribution is 1.07. The van der Waals surface area contributed by atoms with Gasteiger partial charge in [-0.1, -0.05) is 47.5 Å². The topological polar surface area (TPSA) is 64.9 Å². The molecular formula is C16H13Cl2N3. The second-order valence-corrected chi connectivity index (χ2v) is 5.54. The molecule has 1 aromatic heterocycles. The summed E-state index contributed by atoms with van der Waals surface area (Å²) in [5, 5.41) is 2.12. The van der Waals surface area contributed by atoms with E-state index in [4.69, 9.17) is 34.7 Å². The van der Waals surface area contributed by atoms with E-state index in [1.165, 1.54) is 0 Å². The number of pyridine rings is 1. The summed E-state index contributed by atoms with van der Waals surface area (Å²) in [5.41, 5.74) is 15.3. The van der Waals surface area contributed by atoms with Crippen molar-refractivity contribution in [3.8, 4) is 11.1 Å². The SMILES string of the molecule is NCc1c(N)nc2ccccc2c1-c1ccc(Cl)cc1Cl. The van der Waals surface area contributed by atoms with Gasteiger partial charge < -0.3 is 11.5 Å². The smallest absolute Gasteiger partial charge is 0.129 e. The van der Waals surface area contributed by atoms with Crippen molar-refractivity contribution in [1.29, 1.82) is 0 Å². The predicted molar refractivity (Wildman–Crippen MR) is 89.5 cm³/mol. The number of fused-ring (bicyclic) bond motifs is 1. The number of anilines is 1. The van der Waals surface area contributed by atoms with Crippen LogP contribution in [0.3, 0.4) is 0 Å². The van der Waals surface area contributed by atoms with Crippen LogP contribution in [0.15, 0.2) is 42.5 Å². The molecule has 4 N–H and O–H groups in total. The van der Waals surface area contributed by atoms with Crippen molar-refractivity contribution in [3.05, 3.63) is 58.1 Å². The van der Waals surface area contributed by atoms with Gasteiger partial charge in [0.15, 0.2) is 0 Å². The zero-order chi connectivity index (χ0) is 15.0. The average molecular weight is 318 g/mol. The van der Waals surface area contributed by atoms with E-state index in [2.05, 4.69) is 4.98 Å². The van der Waals surface area contributed by atoms with Gasteiger partial charge in [-0.3, -0.25) is 0 Å². The molecule has 3 aromatic rings. The molecule has 0 spiro atoms. The fraction of sp³-hybridized carbons (Fsp3) is 0.0625. The van der Waals surface area contributed by atoms with E-state index in [9.17, 15) is 0 Å². The number of nitrogens with zero attached hydrogens (tertiary/aromatic N) is 1. The largest absolute Gasteiger partial charge is 0.383 e. The predicted octanol–water partition coefficient (Wildman–Crippen LogP) is 4.25. The lowest BCUT2D eigenvalue weighted by atomic mass is 9.95. The van der Waals surface area contributed by atoms with E-state index < -0.39 is 0 Å². The molecule has 0 bridgehead atoms. The summed E-state index contributed by atoms with van der Waals surface area (Å²) >= 11 is 12.3. The van der Waals surface area contributed by atoms with Gasteiger partial charge in [0.05, 0.1) is 5.52 Å². The van der Waals surface area contributed by atoms with Crippen molar-refractivity contribution in [2.75, 3.05) is 5.73 Å². The molecule has 0 aliphatic heterocycles. The molecule has 5 heteroatoms. The minimum Gasteiger partial charge on any atom is -0.383 e. The van der Waals surface area contributed by atoms with Crippen molar-refractivity contribution >= 4 is 39.9 Å². The van der Waals surface area contributed by atoms with Gasteiger partial charge in [0.2, 0.25) is 0 Å². The van der Waals surface area contributed by atoms with Gasteiger partial charge in [0.1, 0.15) is 5.82 Å². The van der Waals surface area contributed by atoms with E-state index in [0.29, 0.717) is 15.9 Å². The van der Waals surface area contributed by atoms with Gasteiger partial charge in [0, 0.05) is 38.7 Å². The Hall–Kier alpha value is -1.81. The fourth-order valence-corrected chi connectivity index (χ4v) is 2.98. The highest BCUT2D eigenvalue weighted by atomic mass is 35.5. The fourth-order valence-electron chi connectivity index (χ4n) is 2.48. The first-order valence-corrected chi connectivity index (χ1v) is 7.20. The minimum atomic E-state index is 0.290. The van der Waals surface area contributed by atoms with E-state index in [0.717, 1.165) is 27.6 Å². The maximum absolute atomic E-state index is 6.36. The molecule has 0 saturated carbocycles. The summed E-state index contributed by atoms with van der Waals surface area (Å²) in [4.78, 5) is 4.41. The third kappa shape index (κ3) is 2.44. The summed E-state index contributed by atoms with van der Waals surface area (Å²) in [7, 11) is 0. The number of benzene rings is 2. The summed E-state index contributed by atoms with van der Waals surface area (Å²) in [6.45, 7) is 0.290.